The van der Waals surface area contributed by atoms with Crippen molar-refractivity contribution in [1.82, 2.24) is 4.31 Å². The highest BCUT2D eigenvalue weighted by atomic mass is 32.2. The summed E-state index contributed by atoms with van der Waals surface area (Å²) in [5.41, 5.74) is 0.436. The maximum absolute atomic E-state index is 13.0. The van der Waals surface area contributed by atoms with Gasteiger partial charge in [-0.25, -0.2) is 8.42 Å². The second kappa shape index (κ2) is 9.02. The molecule has 1 fully saturated rings. The van der Waals surface area contributed by atoms with E-state index in [1.807, 2.05) is 0 Å². The van der Waals surface area contributed by atoms with E-state index >= 15 is 0 Å². The second-order valence-corrected chi connectivity index (χ2v) is 9.29. The lowest BCUT2D eigenvalue weighted by Crippen LogP contribution is -2.49. The van der Waals surface area contributed by atoms with Crippen molar-refractivity contribution in [2.75, 3.05) is 11.9 Å². The Morgan fingerprint density at radius 3 is 2.39 bits per heavy atom. The fourth-order valence-electron chi connectivity index (χ4n) is 3.13. The quantitative estimate of drug-likeness (QED) is 0.704. The van der Waals surface area contributed by atoms with Crippen LogP contribution in [0.1, 0.15) is 19.3 Å². The maximum atomic E-state index is 13.0. The molecule has 150 valence electrons. The van der Waals surface area contributed by atoms with Crippen molar-refractivity contribution in [3.63, 3.8) is 0 Å². The van der Waals surface area contributed by atoms with Crippen LogP contribution in [0.5, 0.6) is 0 Å². The summed E-state index contributed by atoms with van der Waals surface area (Å²) in [7, 11) is -3.78. The Labute approximate surface area is 167 Å². The van der Waals surface area contributed by atoms with E-state index in [2.05, 4.69) is 5.32 Å². The number of halogens is 2. The molecular weight excluding hydrogens is 406 g/mol. The molecule has 1 heterocycles. The number of thioether (sulfide) groups is 1. The molecule has 1 saturated heterocycles. The molecule has 0 radical (unpaired) electrons. The largest absolute Gasteiger partial charge is 0.325 e. The van der Waals surface area contributed by atoms with Gasteiger partial charge in [-0.1, -0.05) is 36.4 Å². The van der Waals surface area contributed by atoms with Gasteiger partial charge in [-0.05, 0) is 49.2 Å². The normalized spacial score (nSPS) is 18.2. The Hall–Kier alpha value is -1.97. The topological polar surface area (TPSA) is 66.5 Å². The Balaban J connectivity index is 1.75. The number of nitrogens with zero attached hydrogens (tertiary/aromatic N) is 1. The molecule has 9 heteroatoms. The van der Waals surface area contributed by atoms with Crippen molar-refractivity contribution >= 4 is 33.4 Å². The van der Waals surface area contributed by atoms with Crippen LogP contribution in [-0.2, 0) is 14.8 Å². The molecule has 3 rings (SSSR count). The first-order valence-electron chi connectivity index (χ1n) is 8.80. The zero-order valence-corrected chi connectivity index (χ0v) is 16.6. The minimum atomic E-state index is -3.78. The molecule has 0 aromatic heterocycles. The zero-order valence-electron chi connectivity index (χ0n) is 14.9. The summed E-state index contributed by atoms with van der Waals surface area (Å²) in [5.74, 6) is -2.94. The predicted molar refractivity (Wildman–Crippen MR) is 105 cm³/mol. The Kier molecular flexibility index (Phi) is 6.69. The average Bonchev–Trinajstić information content (AvgIpc) is 2.70. The van der Waals surface area contributed by atoms with Gasteiger partial charge >= 0.3 is 0 Å². The van der Waals surface area contributed by atoms with Crippen LogP contribution < -0.4 is 5.32 Å². The number of benzene rings is 2. The van der Waals surface area contributed by atoms with Crippen LogP contribution in [0.2, 0.25) is 0 Å². The van der Waals surface area contributed by atoms with Crippen molar-refractivity contribution in [1.29, 1.82) is 0 Å². The summed E-state index contributed by atoms with van der Waals surface area (Å²) in [6, 6.07) is 13.3. The number of anilines is 1. The van der Waals surface area contributed by atoms with E-state index in [0.717, 1.165) is 6.42 Å². The van der Waals surface area contributed by atoms with E-state index in [0.29, 0.717) is 35.2 Å². The molecule has 1 unspecified atom stereocenters. The summed E-state index contributed by atoms with van der Waals surface area (Å²) in [5, 5.41) is 2.70. The van der Waals surface area contributed by atoms with E-state index in [-0.39, 0.29) is 11.4 Å². The fourth-order valence-corrected chi connectivity index (χ4v) is 5.30. The van der Waals surface area contributed by atoms with E-state index in [4.69, 9.17) is 0 Å². The van der Waals surface area contributed by atoms with Crippen molar-refractivity contribution in [3.05, 3.63) is 54.6 Å². The molecule has 1 atom stereocenters. The number of alkyl halides is 2. The lowest BCUT2D eigenvalue weighted by atomic mass is 10.0. The molecule has 0 spiro atoms. The number of piperidine rings is 1. The van der Waals surface area contributed by atoms with E-state index < -0.39 is 27.7 Å². The first-order valence-corrected chi connectivity index (χ1v) is 11.1. The van der Waals surface area contributed by atoms with Gasteiger partial charge in [0, 0.05) is 17.1 Å². The van der Waals surface area contributed by atoms with Gasteiger partial charge in [0.1, 0.15) is 6.04 Å². The third-order valence-corrected chi connectivity index (χ3v) is 7.10. The third-order valence-electron chi connectivity index (χ3n) is 4.45. The van der Waals surface area contributed by atoms with Crippen molar-refractivity contribution in [2.24, 2.45) is 0 Å². The second-order valence-electron chi connectivity index (χ2n) is 6.33. The smallest absolute Gasteiger partial charge is 0.288 e. The third kappa shape index (κ3) is 4.89. The summed E-state index contributed by atoms with van der Waals surface area (Å²) in [6.07, 6.45) is 1.87. The van der Waals surface area contributed by atoms with Gasteiger partial charge in [-0.2, -0.15) is 13.1 Å². The molecule has 28 heavy (non-hydrogen) atoms. The van der Waals surface area contributed by atoms with E-state index in [1.54, 1.807) is 18.2 Å². The molecule has 2 aromatic carbocycles. The molecule has 1 amide bonds. The van der Waals surface area contributed by atoms with Crippen LogP contribution in [0.3, 0.4) is 0 Å². The summed E-state index contributed by atoms with van der Waals surface area (Å²) in [6.45, 7) is 0.277. The number of nitrogens with one attached hydrogen (secondary N) is 1. The SMILES string of the molecule is O=C(Nc1ccc(SC(F)F)cc1)C1CCCCN1S(=O)(=O)c1ccccc1. The molecule has 0 bridgehead atoms. The molecule has 0 saturated carbocycles. The number of carbonyl (C=O) groups is 1. The first kappa shape index (κ1) is 20.8. The van der Waals surface area contributed by atoms with Gasteiger partial charge in [0.15, 0.2) is 0 Å². The number of hydrogen-bond acceptors (Lipinski definition) is 4. The van der Waals surface area contributed by atoms with Gasteiger partial charge in [0.2, 0.25) is 15.9 Å². The minimum absolute atomic E-state index is 0.156. The van der Waals surface area contributed by atoms with Crippen molar-refractivity contribution < 1.29 is 22.0 Å². The van der Waals surface area contributed by atoms with Crippen molar-refractivity contribution in [2.45, 2.75) is 40.9 Å². The number of rotatable bonds is 6. The van der Waals surface area contributed by atoms with Gasteiger partial charge in [0.05, 0.1) is 4.90 Å². The number of sulfonamides is 1. The molecule has 0 aliphatic carbocycles. The predicted octanol–water partition coefficient (Wildman–Crippen LogP) is 4.18. The van der Waals surface area contributed by atoms with Crippen LogP contribution in [0.4, 0.5) is 14.5 Å². The molecule has 2 aromatic rings. The Morgan fingerprint density at radius 1 is 1.07 bits per heavy atom. The lowest BCUT2D eigenvalue weighted by Gasteiger charge is -2.33. The minimum Gasteiger partial charge on any atom is -0.325 e. The lowest BCUT2D eigenvalue weighted by molar-refractivity contribution is -0.120. The number of amides is 1. The summed E-state index contributed by atoms with van der Waals surface area (Å²) >= 11 is 0.422. The average molecular weight is 427 g/mol. The first-order chi connectivity index (χ1) is 13.4. The van der Waals surface area contributed by atoms with E-state index in [1.165, 1.54) is 40.7 Å². The van der Waals surface area contributed by atoms with Crippen LogP contribution in [0.25, 0.3) is 0 Å². The highest BCUT2D eigenvalue weighted by molar-refractivity contribution is 7.99. The standard InChI is InChI=1S/C19H20F2N2O3S2/c20-19(21)27-15-11-9-14(10-12-15)22-18(24)17-8-4-5-13-23(17)28(25,26)16-6-2-1-3-7-16/h1-3,6-7,9-12,17,19H,4-5,8,13H2,(H,22,24). The van der Waals surface area contributed by atoms with Crippen LogP contribution in [0, 0.1) is 0 Å². The molecule has 5 nitrogen and oxygen atoms in total. The van der Waals surface area contributed by atoms with Crippen LogP contribution >= 0.6 is 11.8 Å². The van der Waals surface area contributed by atoms with Crippen molar-refractivity contribution in [3.8, 4) is 0 Å². The Morgan fingerprint density at radius 2 is 1.75 bits per heavy atom. The van der Waals surface area contributed by atoms with Gasteiger partial charge in [-0.3, -0.25) is 4.79 Å². The van der Waals surface area contributed by atoms with Crippen LogP contribution in [0.15, 0.2) is 64.4 Å². The molecule has 1 aliphatic rings. The Bertz CT molecular complexity index is 907. The summed E-state index contributed by atoms with van der Waals surface area (Å²) in [4.78, 5) is 13.3. The molecule has 1 N–H and O–H groups in total. The maximum Gasteiger partial charge on any atom is 0.288 e. The van der Waals surface area contributed by atoms with E-state index in [9.17, 15) is 22.0 Å². The molecule has 1 aliphatic heterocycles. The monoisotopic (exact) mass is 426 g/mol. The summed E-state index contributed by atoms with van der Waals surface area (Å²) < 4.78 is 52.0. The number of hydrogen-bond donors (Lipinski definition) is 1. The number of carbonyl (C=O) groups excluding carboxylic acids is 1. The van der Waals surface area contributed by atoms with Crippen LogP contribution in [-0.4, -0.2) is 37.0 Å². The highest BCUT2D eigenvalue weighted by Crippen LogP contribution is 2.28. The highest BCUT2D eigenvalue weighted by Gasteiger charge is 2.37. The van der Waals surface area contributed by atoms with Gasteiger partial charge in [-0.15, -0.1) is 0 Å². The fraction of sp³-hybridized carbons (Fsp3) is 0.316. The molecular formula is C19H20F2N2O3S2. The van der Waals surface area contributed by atoms with Gasteiger partial charge < -0.3 is 5.32 Å². The van der Waals surface area contributed by atoms with Gasteiger partial charge in [0.25, 0.3) is 5.76 Å². The zero-order chi connectivity index (χ0) is 20.1.